The van der Waals surface area contributed by atoms with E-state index in [1.165, 1.54) is 16.4 Å². The number of carbonyl (C=O) groups excluding carboxylic acids is 2. The maximum Gasteiger partial charge on any atom is 0.343 e. The molecule has 1 atom stereocenters. The van der Waals surface area contributed by atoms with Crippen LogP contribution in [0.25, 0.3) is 5.69 Å². The molecule has 31 heavy (non-hydrogen) atoms. The maximum atomic E-state index is 12.9. The van der Waals surface area contributed by atoms with E-state index in [9.17, 15) is 9.59 Å². The highest BCUT2D eigenvalue weighted by molar-refractivity contribution is 6.01. The molecule has 0 radical (unpaired) electrons. The summed E-state index contributed by atoms with van der Waals surface area (Å²) in [6.45, 7) is 7.82. The van der Waals surface area contributed by atoms with Crippen molar-refractivity contribution in [2.24, 2.45) is 0 Å². The molecule has 1 amide bonds. The van der Waals surface area contributed by atoms with E-state index >= 15 is 0 Å². The minimum absolute atomic E-state index is 0.174. The summed E-state index contributed by atoms with van der Waals surface area (Å²) in [4.78, 5) is 25.3. The molecular formula is C24H27N3O4. The van der Waals surface area contributed by atoms with Crippen LogP contribution in [0.4, 0.5) is 5.82 Å². The van der Waals surface area contributed by atoms with E-state index in [1.807, 2.05) is 54.6 Å². The molecule has 162 valence electrons. The summed E-state index contributed by atoms with van der Waals surface area (Å²) in [5.41, 5.74) is 2.06. The quantitative estimate of drug-likeness (QED) is 0.539. The molecule has 0 bridgehead atoms. The Morgan fingerprint density at radius 3 is 2.32 bits per heavy atom. The lowest BCUT2D eigenvalue weighted by atomic mass is 10.0. The minimum Gasteiger partial charge on any atom is -0.481 e. The number of amides is 1. The fraction of sp³-hybridized carbons (Fsp3) is 0.292. The first kappa shape index (κ1) is 22.1. The number of anilines is 1. The lowest BCUT2D eigenvalue weighted by Gasteiger charge is -2.17. The molecular weight excluding hydrogens is 394 g/mol. The SMILES string of the molecule is CCOC(=O)c1cnn(-c2ccccc2)c1NC(=O)C(C)Oc1ccc(C(C)C)cc1. The van der Waals surface area contributed by atoms with E-state index in [1.54, 1.807) is 13.8 Å². The van der Waals surface area contributed by atoms with Crippen molar-refractivity contribution in [1.29, 1.82) is 0 Å². The molecule has 0 fully saturated rings. The van der Waals surface area contributed by atoms with E-state index < -0.39 is 18.0 Å². The average molecular weight is 421 g/mol. The highest BCUT2D eigenvalue weighted by Gasteiger charge is 2.24. The summed E-state index contributed by atoms with van der Waals surface area (Å²) >= 11 is 0. The molecule has 0 aliphatic heterocycles. The number of carbonyl (C=O) groups is 2. The number of nitrogens with zero attached hydrogens (tertiary/aromatic N) is 2. The molecule has 2 aromatic carbocycles. The molecule has 0 saturated carbocycles. The van der Waals surface area contributed by atoms with Gasteiger partial charge in [0.1, 0.15) is 11.3 Å². The molecule has 3 aromatic rings. The first-order chi connectivity index (χ1) is 14.9. The van der Waals surface area contributed by atoms with Gasteiger partial charge in [-0.3, -0.25) is 4.79 Å². The number of aromatic nitrogens is 2. The molecule has 1 N–H and O–H groups in total. The summed E-state index contributed by atoms with van der Waals surface area (Å²) in [5.74, 6) is 0.276. The van der Waals surface area contributed by atoms with Crippen LogP contribution in [0.5, 0.6) is 5.75 Å². The fourth-order valence-corrected chi connectivity index (χ4v) is 3.00. The number of hydrogen-bond donors (Lipinski definition) is 1. The van der Waals surface area contributed by atoms with Crippen LogP contribution in [-0.2, 0) is 9.53 Å². The Morgan fingerprint density at radius 1 is 1.03 bits per heavy atom. The Labute approximate surface area is 182 Å². The normalized spacial score (nSPS) is 11.8. The molecule has 7 nitrogen and oxygen atoms in total. The largest absolute Gasteiger partial charge is 0.481 e. The van der Waals surface area contributed by atoms with Gasteiger partial charge in [-0.15, -0.1) is 0 Å². The van der Waals surface area contributed by atoms with Gasteiger partial charge in [0.05, 0.1) is 18.5 Å². The zero-order chi connectivity index (χ0) is 22.4. The fourth-order valence-electron chi connectivity index (χ4n) is 3.00. The first-order valence-corrected chi connectivity index (χ1v) is 10.3. The molecule has 3 rings (SSSR count). The lowest BCUT2D eigenvalue weighted by molar-refractivity contribution is -0.122. The van der Waals surface area contributed by atoms with Crippen molar-refractivity contribution in [2.75, 3.05) is 11.9 Å². The Bertz CT molecular complexity index is 1030. The van der Waals surface area contributed by atoms with Crippen molar-refractivity contribution in [3.63, 3.8) is 0 Å². The molecule has 1 unspecified atom stereocenters. The van der Waals surface area contributed by atoms with Gasteiger partial charge in [0.15, 0.2) is 11.9 Å². The van der Waals surface area contributed by atoms with E-state index in [-0.39, 0.29) is 18.0 Å². The predicted molar refractivity (Wildman–Crippen MR) is 119 cm³/mol. The number of nitrogens with one attached hydrogen (secondary N) is 1. The van der Waals surface area contributed by atoms with Gasteiger partial charge in [-0.2, -0.15) is 5.10 Å². The summed E-state index contributed by atoms with van der Waals surface area (Å²) in [7, 11) is 0. The second-order valence-electron chi connectivity index (χ2n) is 7.35. The minimum atomic E-state index is -0.793. The van der Waals surface area contributed by atoms with Crippen LogP contribution in [0.3, 0.4) is 0 Å². The maximum absolute atomic E-state index is 12.9. The molecule has 1 aromatic heterocycles. The smallest absolute Gasteiger partial charge is 0.343 e. The standard InChI is InChI=1S/C24H27N3O4/c1-5-30-24(29)21-15-25-27(19-9-7-6-8-10-19)22(21)26-23(28)17(4)31-20-13-11-18(12-14-20)16(2)3/h6-17H,5H2,1-4H3,(H,26,28). The monoisotopic (exact) mass is 421 g/mol. The Kier molecular flexibility index (Phi) is 7.07. The van der Waals surface area contributed by atoms with E-state index in [4.69, 9.17) is 9.47 Å². The van der Waals surface area contributed by atoms with Crippen molar-refractivity contribution < 1.29 is 19.1 Å². The Morgan fingerprint density at radius 2 is 1.71 bits per heavy atom. The molecule has 0 aliphatic carbocycles. The molecule has 0 saturated heterocycles. The second-order valence-corrected chi connectivity index (χ2v) is 7.35. The van der Waals surface area contributed by atoms with Crippen LogP contribution in [0, 0.1) is 0 Å². The number of benzene rings is 2. The Hall–Kier alpha value is -3.61. The van der Waals surface area contributed by atoms with Gasteiger partial charge in [0, 0.05) is 0 Å². The van der Waals surface area contributed by atoms with Crippen LogP contribution >= 0.6 is 0 Å². The number of rotatable bonds is 8. The van der Waals surface area contributed by atoms with Crippen molar-refractivity contribution >= 4 is 17.7 Å². The third-order valence-corrected chi connectivity index (χ3v) is 4.74. The van der Waals surface area contributed by atoms with Gasteiger partial charge in [0.25, 0.3) is 5.91 Å². The van der Waals surface area contributed by atoms with Crippen molar-refractivity contribution in [3.05, 3.63) is 71.9 Å². The predicted octanol–water partition coefficient (Wildman–Crippen LogP) is 4.58. The van der Waals surface area contributed by atoms with Crippen LogP contribution in [0.1, 0.15) is 49.5 Å². The summed E-state index contributed by atoms with van der Waals surface area (Å²) in [6.07, 6.45) is 0.593. The zero-order valence-electron chi connectivity index (χ0n) is 18.2. The molecule has 0 aliphatic rings. The van der Waals surface area contributed by atoms with Crippen LogP contribution < -0.4 is 10.1 Å². The van der Waals surface area contributed by atoms with Crippen molar-refractivity contribution in [2.45, 2.75) is 39.7 Å². The lowest BCUT2D eigenvalue weighted by Crippen LogP contribution is -2.31. The Balaban J connectivity index is 1.81. The van der Waals surface area contributed by atoms with Crippen LogP contribution in [0.15, 0.2) is 60.8 Å². The average Bonchev–Trinajstić information content (AvgIpc) is 3.18. The van der Waals surface area contributed by atoms with Gasteiger partial charge in [-0.05, 0) is 49.6 Å². The van der Waals surface area contributed by atoms with Gasteiger partial charge < -0.3 is 14.8 Å². The summed E-state index contributed by atoms with van der Waals surface area (Å²) in [6, 6.07) is 16.9. The highest BCUT2D eigenvalue weighted by Crippen LogP contribution is 2.23. The van der Waals surface area contributed by atoms with Crippen molar-refractivity contribution in [3.8, 4) is 11.4 Å². The number of ether oxygens (including phenoxy) is 2. The van der Waals surface area contributed by atoms with Gasteiger partial charge in [-0.25, -0.2) is 9.48 Å². The van der Waals surface area contributed by atoms with E-state index in [0.29, 0.717) is 17.4 Å². The van der Waals surface area contributed by atoms with Gasteiger partial charge in [-0.1, -0.05) is 44.2 Å². The second kappa shape index (κ2) is 9.93. The highest BCUT2D eigenvalue weighted by atomic mass is 16.5. The van der Waals surface area contributed by atoms with E-state index in [2.05, 4.69) is 24.3 Å². The molecule has 7 heteroatoms. The summed E-state index contributed by atoms with van der Waals surface area (Å²) < 4.78 is 12.4. The zero-order valence-corrected chi connectivity index (χ0v) is 18.2. The van der Waals surface area contributed by atoms with Gasteiger partial charge in [0.2, 0.25) is 0 Å². The molecule has 1 heterocycles. The third-order valence-electron chi connectivity index (χ3n) is 4.74. The topological polar surface area (TPSA) is 82.5 Å². The van der Waals surface area contributed by atoms with E-state index in [0.717, 1.165) is 0 Å². The third kappa shape index (κ3) is 5.31. The number of esters is 1. The van der Waals surface area contributed by atoms with Gasteiger partial charge >= 0.3 is 5.97 Å². The van der Waals surface area contributed by atoms with Crippen LogP contribution in [-0.4, -0.2) is 34.4 Å². The number of para-hydroxylation sites is 1. The first-order valence-electron chi connectivity index (χ1n) is 10.3. The van der Waals surface area contributed by atoms with Crippen LogP contribution in [0.2, 0.25) is 0 Å². The van der Waals surface area contributed by atoms with Crippen molar-refractivity contribution in [1.82, 2.24) is 9.78 Å². The summed E-state index contributed by atoms with van der Waals surface area (Å²) in [5, 5.41) is 7.05. The number of hydrogen-bond acceptors (Lipinski definition) is 5. The molecule has 0 spiro atoms.